The number of hydrogen-bond donors (Lipinski definition) is 1. The van der Waals surface area contributed by atoms with Gasteiger partial charge in [-0.1, -0.05) is 36.4 Å². The highest BCUT2D eigenvalue weighted by Gasteiger charge is 2.19. The monoisotopic (exact) mass is 283 g/mol. The first kappa shape index (κ1) is 15.6. The number of para-hydroxylation sites is 1. The van der Waals surface area contributed by atoms with Gasteiger partial charge in [0.05, 0.1) is 12.1 Å². The van der Waals surface area contributed by atoms with E-state index in [1.54, 1.807) is 0 Å². The van der Waals surface area contributed by atoms with Crippen molar-refractivity contribution in [3.8, 4) is 5.75 Å². The molecule has 0 aliphatic heterocycles. The number of aryl methyl sites for hydroxylation is 1. The molecule has 0 fully saturated rings. The molecular weight excluding hydrogens is 258 g/mol. The summed E-state index contributed by atoms with van der Waals surface area (Å²) in [7, 11) is 2.00. The molecule has 0 aliphatic rings. The van der Waals surface area contributed by atoms with Crippen molar-refractivity contribution in [2.45, 2.75) is 39.8 Å². The van der Waals surface area contributed by atoms with Crippen LogP contribution < -0.4 is 10.1 Å². The van der Waals surface area contributed by atoms with Gasteiger partial charge in [-0.15, -0.1) is 0 Å². The van der Waals surface area contributed by atoms with Crippen molar-refractivity contribution >= 4 is 0 Å². The normalized spacial score (nSPS) is 12.5. The molecule has 1 atom stereocenters. The maximum absolute atomic E-state index is 5.98. The second kappa shape index (κ2) is 6.77. The molecule has 1 unspecified atom stereocenters. The lowest BCUT2D eigenvalue weighted by atomic mass is 9.92. The Balaban J connectivity index is 2.49. The quantitative estimate of drug-likeness (QED) is 0.878. The Morgan fingerprint density at radius 3 is 2.24 bits per heavy atom. The standard InChI is InChI=1S/C19H25NO/c1-13(2)21-18-12-7-6-10-17(18)19(20-5)16-11-8-9-14(3)15(16)4/h6-13,19-20H,1-5H3. The van der Waals surface area contributed by atoms with Crippen LogP contribution in [-0.2, 0) is 0 Å². The molecule has 0 aromatic heterocycles. The van der Waals surface area contributed by atoms with Gasteiger partial charge in [0.2, 0.25) is 0 Å². The molecule has 0 amide bonds. The van der Waals surface area contributed by atoms with Gasteiger partial charge in [-0.25, -0.2) is 0 Å². The van der Waals surface area contributed by atoms with Gasteiger partial charge in [-0.2, -0.15) is 0 Å². The molecule has 0 heterocycles. The van der Waals surface area contributed by atoms with Crippen LogP contribution in [-0.4, -0.2) is 13.2 Å². The Morgan fingerprint density at radius 1 is 0.905 bits per heavy atom. The summed E-state index contributed by atoms with van der Waals surface area (Å²) < 4.78 is 5.98. The summed E-state index contributed by atoms with van der Waals surface area (Å²) in [5.74, 6) is 0.952. The fourth-order valence-electron chi connectivity index (χ4n) is 2.65. The number of nitrogens with one attached hydrogen (secondary N) is 1. The second-order valence-electron chi connectivity index (χ2n) is 5.72. The van der Waals surface area contributed by atoms with Crippen LogP contribution in [0.15, 0.2) is 42.5 Å². The lowest BCUT2D eigenvalue weighted by Crippen LogP contribution is -2.20. The van der Waals surface area contributed by atoms with Crippen molar-refractivity contribution in [1.82, 2.24) is 5.32 Å². The van der Waals surface area contributed by atoms with Crippen LogP contribution in [0.4, 0.5) is 0 Å². The van der Waals surface area contributed by atoms with Gasteiger partial charge in [0.15, 0.2) is 0 Å². The topological polar surface area (TPSA) is 21.3 Å². The highest BCUT2D eigenvalue weighted by Crippen LogP contribution is 2.32. The first-order valence-electron chi connectivity index (χ1n) is 7.53. The van der Waals surface area contributed by atoms with Gasteiger partial charge in [0.25, 0.3) is 0 Å². The zero-order valence-corrected chi connectivity index (χ0v) is 13.6. The molecule has 112 valence electrons. The highest BCUT2D eigenvalue weighted by molar-refractivity contribution is 5.45. The molecule has 0 radical (unpaired) electrons. The SMILES string of the molecule is CNC(c1ccccc1OC(C)C)c1cccc(C)c1C. The van der Waals surface area contributed by atoms with E-state index in [1.807, 2.05) is 19.2 Å². The Morgan fingerprint density at radius 2 is 1.57 bits per heavy atom. The van der Waals surface area contributed by atoms with Crippen LogP contribution in [0, 0.1) is 13.8 Å². The van der Waals surface area contributed by atoms with Gasteiger partial charge in [-0.05, 0) is 57.5 Å². The van der Waals surface area contributed by atoms with Crippen molar-refractivity contribution in [2.75, 3.05) is 7.05 Å². The lowest BCUT2D eigenvalue weighted by Gasteiger charge is -2.24. The van der Waals surface area contributed by atoms with Crippen LogP contribution in [0.1, 0.15) is 42.1 Å². The third kappa shape index (κ3) is 3.45. The first-order valence-corrected chi connectivity index (χ1v) is 7.53. The van der Waals surface area contributed by atoms with E-state index >= 15 is 0 Å². The smallest absolute Gasteiger partial charge is 0.124 e. The fraction of sp³-hybridized carbons (Fsp3) is 0.368. The largest absolute Gasteiger partial charge is 0.491 e. The summed E-state index contributed by atoms with van der Waals surface area (Å²) in [5.41, 5.74) is 5.13. The molecule has 21 heavy (non-hydrogen) atoms. The molecule has 2 aromatic carbocycles. The number of benzene rings is 2. The van der Waals surface area contributed by atoms with Gasteiger partial charge >= 0.3 is 0 Å². The third-order valence-corrected chi connectivity index (χ3v) is 3.84. The first-order chi connectivity index (χ1) is 10.0. The molecule has 0 saturated carbocycles. The summed E-state index contributed by atoms with van der Waals surface area (Å²) in [6.45, 7) is 8.45. The number of ether oxygens (including phenoxy) is 1. The maximum Gasteiger partial charge on any atom is 0.124 e. The predicted octanol–water partition coefficient (Wildman–Crippen LogP) is 4.40. The number of rotatable bonds is 5. The van der Waals surface area contributed by atoms with E-state index in [0.717, 1.165) is 5.75 Å². The van der Waals surface area contributed by atoms with Crippen LogP contribution in [0.2, 0.25) is 0 Å². The zero-order chi connectivity index (χ0) is 15.4. The molecular formula is C19H25NO. The Hall–Kier alpha value is -1.80. The van der Waals surface area contributed by atoms with Crippen LogP contribution in [0.3, 0.4) is 0 Å². The van der Waals surface area contributed by atoms with Gasteiger partial charge in [0, 0.05) is 5.56 Å². The van der Waals surface area contributed by atoms with E-state index < -0.39 is 0 Å². The average Bonchev–Trinajstić information content (AvgIpc) is 2.45. The van der Waals surface area contributed by atoms with E-state index in [1.165, 1.54) is 22.3 Å². The Bertz CT molecular complexity index is 604. The average molecular weight is 283 g/mol. The summed E-state index contributed by atoms with van der Waals surface area (Å²) in [6, 6.07) is 14.9. The van der Waals surface area contributed by atoms with E-state index in [4.69, 9.17) is 4.74 Å². The number of hydrogen-bond acceptors (Lipinski definition) is 2. The summed E-state index contributed by atoms with van der Waals surface area (Å²) in [4.78, 5) is 0. The molecule has 0 aliphatic carbocycles. The minimum atomic E-state index is 0.139. The molecule has 2 heteroatoms. The van der Waals surface area contributed by atoms with Gasteiger partial charge < -0.3 is 10.1 Å². The van der Waals surface area contributed by atoms with Crippen molar-refractivity contribution in [3.63, 3.8) is 0 Å². The van der Waals surface area contributed by atoms with Gasteiger partial charge in [0.1, 0.15) is 5.75 Å². The third-order valence-electron chi connectivity index (χ3n) is 3.84. The zero-order valence-electron chi connectivity index (χ0n) is 13.6. The Kier molecular flexibility index (Phi) is 5.03. The molecule has 0 saturated heterocycles. The van der Waals surface area contributed by atoms with E-state index in [9.17, 15) is 0 Å². The highest BCUT2D eigenvalue weighted by atomic mass is 16.5. The van der Waals surface area contributed by atoms with E-state index in [2.05, 4.69) is 63.3 Å². The maximum atomic E-state index is 5.98. The lowest BCUT2D eigenvalue weighted by molar-refractivity contribution is 0.238. The van der Waals surface area contributed by atoms with Crippen molar-refractivity contribution in [2.24, 2.45) is 0 Å². The minimum Gasteiger partial charge on any atom is -0.491 e. The summed E-state index contributed by atoms with van der Waals surface area (Å²) in [6.07, 6.45) is 0.169. The van der Waals surface area contributed by atoms with Crippen molar-refractivity contribution in [1.29, 1.82) is 0 Å². The molecule has 2 rings (SSSR count). The van der Waals surface area contributed by atoms with E-state index in [0.29, 0.717) is 0 Å². The van der Waals surface area contributed by atoms with Crippen LogP contribution in [0.5, 0.6) is 5.75 Å². The molecule has 1 N–H and O–H groups in total. The van der Waals surface area contributed by atoms with Crippen molar-refractivity contribution in [3.05, 3.63) is 64.7 Å². The molecule has 2 aromatic rings. The predicted molar refractivity (Wildman–Crippen MR) is 89.0 cm³/mol. The summed E-state index contributed by atoms with van der Waals surface area (Å²) in [5, 5.41) is 3.44. The molecule has 2 nitrogen and oxygen atoms in total. The van der Waals surface area contributed by atoms with Crippen molar-refractivity contribution < 1.29 is 4.74 Å². The van der Waals surface area contributed by atoms with E-state index in [-0.39, 0.29) is 12.1 Å². The van der Waals surface area contributed by atoms with Crippen LogP contribution >= 0.6 is 0 Å². The van der Waals surface area contributed by atoms with Crippen LogP contribution in [0.25, 0.3) is 0 Å². The summed E-state index contributed by atoms with van der Waals surface area (Å²) >= 11 is 0. The Labute approximate surface area is 128 Å². The molecule has 0 bridgehead atoms. The fourth-order valence-corrected chi connectivity index (χ4v) is 2.65. The minimum absolute atomic E-state index is 0.139. The molecule has 0 spiro atoms. The second-order valence-corrected chi connectivity index (χ2v) is 5.72. The van der Waals surface area contributed by atoms with Gasteiger partial charge in [-0.3, -0.25) is 0 Å².